The molecule has 2 aromatic rings. The number of aryl methyl sites for hydroxylation is 3. The lowest BCUT2D eigenvalue weighted by Gasteiger charge is -2.09. The summed E-state index contributed by atoms with van der Waals surface area (Å²) in [7, 11) is 0. The fourth-order valence-corrected chi connectivity index (χ4v) is 1.84. The number of anilines is 1. The Kier molecular flexibility index (Phi) is 2.84. The molecule has 88 valence electrons. The van der Waals surface area contributed by atoms with Crippen LogP contribution in [0.1, 0.15) is 22.4 Å². The maximum Gasteiger partial charge on any atom is 0.162 e. The van der Waals surface area contributed by atoms with Crippen LogP contribution in [0.5, 0.6) is 0 Å². The van der Waals surface area contributed by atoms with Gasteiger partial charge in [-0.3, -0.25) is 0 Å². The first-order valence-corrected chi connectivity index (χ1v) is 5.67. The van der Waals surface area contributed by atoms with E-state index < -0.39 is 0 Å². The molecule has 0 aliphatic heterocycles. The van der Waals surface area contributed by atoms with Gasteiger partial charge in [0.1, 0.15) is 5.82 Å². The van der Waals surface area contributed by atoms with Gasteiger partial charge in [-0.05, 0) is 33.3 Å². The summed E-state index contributed by atoms with van der Waals surface area (Å²) in [6, 6.07) is 6.25. The molecule has 0 saturated carbocycles. The second kappa shape index (κ2) is 4.17. The highest BCUT2D eigenvalue weighted by Crippen LogP contribution is 2.23. The molecule has 1 aromatic heterocycles. The van der Waals surface area contributed by atoms with Crippen molar-refractivity contribution in [2.24, 2.45) is 0 Å². The van der Waals surface area contributed by atoms with E-state index in [0.29, 0.717) is 11.6 Å². The Hall–Kier alpha value is -1.90. The van der Waals surface area contributed by atoms with Crippen LogP contribution in [0.25, 0.3) is 11.4 Å². The van der Waals surface area contributed by atoms with Gasteiger partial charge in [-0.25, -0.2) is 9.97 Å². The van der Waals surface area contributed by atoms with Crippen LogP contribution in [0.4, 0.5) is 5.82 Å². The summed E-state index contributed by atoms with van der Waals surface area (Å²) in [5.41, 5.74) is 11.2. The quantitative estimate of drug-likeness (QED) is 0.814. The molecule has 0 fully saturated rings. The predicted molar refractivity (Wildman–Crippen MR) is 70.8 cm³/mol. The highest BCUT2D eigenvalue weighted by molar-refractivity contribution is 5.63. The van der Waals surface area contributed by atoms with Crippen LogP contribution < -0.4 is 5.73 Å². The normalized spacial score (nSPS) is 10.6. The van der Waals surface area contributed by atoms with Crippen molar-refractivity contribution in [3.63, 3.8) is 0 Å². The zero-order valence-electron chi connectivity index (χ0n) is 10.7. The lowest BCUT2D eigenvalue weighted by atomic mass is 10.0. The van der Waals surface area contributed by atoms with E-state index in [-0.39, 0.29) is 0 Å². The van der Waals surface area contributed by atoms with E-state index >= 15 is 0 Å². The first-order chi connectivity index (χ1) is 7.99. The molecule has 0 unspecified atom stereocenters. The van der Waals surface area contributed by atoms with Crippen molar-refractivity contribution in [3.8, 4) is 11.4 Å². The zero-order chi connectivity index (χ0) is 12.6. The van der Waals surface area contributed by atoms with Crippen LogP contribution in [0, 0.1) is 27.7 Å². The molecule has 17 heavy (non-hydrogen) atoms. The van der Waals surface area contributed by atoms with Crippen molar-refractivity contribution < 1.29 is 0 Å². The minimum atomic E-state index is 0.562. The molecular formula is C14H17N3. The number of nitrogen functional groups attached to an aromatic ring is 1. The van der Waals surface area contributed by atoms with Gasteiger partial charge >= 0.3 is 0 Å². The fraction of sp³-hybridized carbons (Fsp3) is 0.286. The Bertz CT molecular complexity index is 551. The largest absolute Gasteiger partial charge is 0.383 e. The molecule has 3 nitrogen and oxygen atoms in total. The Morgan fingerprint density at radius 2 is 1.71 bits per heavy atom. The molecule has 0 saturated heterocycles. The molecule has 0 radical (unpaired) electrons. The monoisotopic (exact) mass is 227 g/mol. The lowest BCUT2D eigenvalue weighted by Crippen LogP contribution is -2.02. The molecule has 2 N–H and O–H groups in total. The molecule has 3 heteroatoms. The van der Waals surface area contributed by atoms with E-state index in [1.54, 1.807) is 0 Å². The van der Waals surface area contributed by atoms with Crippen LogP contribution in [0.2, 0.25) is 0 Å². The Morgan fingerprint density at radius 3 is 2.29 bits per heavy atom. The van der Waals surface area contributed by atoms with E-state index in [2.05, 4.69) is 35.9 Å². The summed E-state index contributed by atoms with van der Waals surface area (Å²) in [5, 5.41) is 0. The molecule has 1 aromatic carbocycles. The summed E-state index contributed by atoms with van der Waals surface area (Å²) < 4.78 is 0. The van der Waals surface area contributed by atoms with Crippen LogP contribution in [0.3, 0.4) is 0 Å². The van der Waals surface area contributed by atoms with E-state index in [1.165, 1.54) is 11.1 Å². The highest BCUT2D eigenvalue weighted by Gasteiger charge is 2.09. The molecule has 0 aliphatic carbocycles. The van der Waals surface area contributed by atoms with Gasteiger partial charge in [-0.1, -0.05) is 23.8 Å². The van der Waals surface area contributed by atoms with Crippen molar-refractivity contribution in [1.29, 1.82) is 0 Å². The number of aromatic nitrogens is 2. The molecule has 0 aliphatic rings. The molecule has 0 bridgehead atoms. The van der Waals surface area contributed by atoms with Crippen LogP contribution in [0.15, 0.2) is 18.2 Å². The third-order valence-electron chi connectivity index (χ3n) is 3.05. The second-order valence-electron chi connectivity index (χ2n) is 4.46. The number of hydrogen-bond donors (Lipinski definition) is 1. The average Bonchev–Trinajstić information content (AvgIpc) is 2.25. The number of nitrogens with two attached hydrogens (primary N) is 1. The Labute approximate surface area is 102 Å². The maximum atomic E-state index is 5.89. The summed E-state index contributed by atoms with van der Waals surface area (Å²) >= 11 is 0. The third-order valence-corrected chi connectivity index (χ3v) is 3.05. The van der Waals surface area contributed by atoms with Crippen molar-refractivity contribution in [2.75, 3.05) is 5.73 Å². The van der Waals surface area contributed by atoms with Gasteiger partial charge in [-0.15, -0.1) is 0 Å². The van der Waals surface area contributed by atoms with Gasteiger partial charge in [0.25, 0.3) is 0 Å². The van der Waals surface area contributed by atoms with Crippen molar-refractivity contribution in [1.82, 2.24) is 9.97 Å². The van der Waals surface area contributed by atoms with Gasteiger partial charge in [0, 0.05) is 16.8 Å². The lowest BCUT2D eigenvalue weighted by molar-refractivity contribution is 1.08. The van der Waals surface area contributed by atoms with Crippen LogP contribution in [-0.4, -0.2) is 9.97 Å². The molecule has 0 spiro atoms. The van der Waals surface area contributed by atoms with Crippen LogP contribution >= 0.6 is 0 Å². The number of nitrogens with zero attached hydrogens (tertiary/aromatic N) is 2. The molecule has 0 amide bonds. The summed E-state index contributed by atoms with van der Waals surface area (Å²) in [4.78, 5) is 8.86. The smallest absolute Gasteiger partial charge is 0.162 e. The van der Waals surface area contributed by atoms with Gasteiger partial charge in [0.15, 0.2) is 5.82 Å². The predicted octanol–water partition coefficient (Wildman–Crippen LogP) is 2.96. The fourth-order valence-electron chi connectivity index (χ4n) is 1.84. The topological polar surface area (TPSA) is 51.8 Å². The molecule has 0 atom stereocenters. The minimum absolute atomic E-state index is 0.562. The van der Waals surface area contributed by atoms with Gasteiger partial charge in [0.05, 0.1) is 0 Å². The average molecular weight is 227 g/mol. The first kappa shape index (κ1) is 11.6. The van der Waals surface area contributed by atoms with Crippen molar-refractivity contribution in [2.45, 2.75) is 27.7 Å². The molecular weight excluding hydrogens is 210 g/mol. The Morgan fingerprint density at radius 1 is 1.00 bits per heavy atom. The Balaban J connectivity index is 2.61. The highest BCUT2D eigenvalue weighted by atomic mass is 15.0. The number of benzene rings is 1. The number of rotatable bonds is 1. The van der Waals surface area contributed by atoms with E-state index in [9.17, 15) is 0 Å². The van der Waals surface area contributed by atoms with Gasteiger partial charge in [0.2, 0.25) is 0 Å². The van der Waals surface area contributed by atoms with Crippen molar-refractivity contribution in [3.05, 3.63) is 40.6 Å². The van der Waals surface area contributed by atoms with Gasteiger partial charge < -0.3 is 5.73 Å². The summed E-state index contributed by atoms with van der Waals surface area (Å²) in [6.45, 7) is 8.04. The third kappa shape index (κ3) is 2.13. The van der Waals surface area contributed by atoms with E-state index in [4.69, 9.17) is 5.73 Å². The summed E-state index contributed by atoms with van der Waals surface area (Å²) in [5.74, 6) is 1.27. The standard InChI is InChI=1S/C14H17N3/c1-8-5-6-12(9(2)7-8)14-16-11(4)10(3)13(15)17-14/h5-7H,1-4H3,(H2,15,16,17). The SMILES string of the molecule is Cc1ccc(-c2nc(C)c(C)c(N)n2)c(C)c1. The van der Waals surface area contributed by atoms with E-state index in [1.807, 2.05) is 19.9 Å². The summed E-state index contributed by atoms with van der Waals surface area (Å²) in [6.07, 6.45) is 0. The van der Waals surface area contributed by atoms with Crippen LogP contribution in [-0.2, 0) is 0 Å². The number of hydrogen-bond acceptors (Lipinski definition) is 3. The van der Waals surface area contributed by atoms with Gasteiger partial charge in [-0.2, -0.15) is 0 Å². The van der Waals surface area contributed by atoms with E-state index in [0.717, 1.165) is 16.8 Å². The first-order valence-electron chi connectivity index (χ1n) is 5.67. The molecule has 2 rings (SSSR count). The second-order valence-corrected chi connectivity index (χ2v) is 4.46. The molecule has 1 heterocycles. The minimum Gasteiger partial charge on any atom is -0.383 e. The maximum absolute atomic E-state index is 5.89. The van der Waals surface area contributed by atoms with Crippen molar-refractivity contribution >= 4 is 5.82 Å². The zero-order valence-corrected chi connectivity index (χ0v) is 10.7.